The number of aryl methyl sites for hydroxylation is 1. The van der Waals surface area contributed by atoms with Crippen LogP contribution in [0, 0.1) is 5.82 Å². The molecule has 0 radical (unpaired) electrons. The topological polar surface area (TPSA) is 43.0 Å². The number of nitrogens with zero attached hydrogens (tertiary/aromatic N) is 2. The molecule has 0 atom stereocenters. The van der Waals surface area contributed by atoms with Crippen LogP contribution < -0.4 is 5.32 Å². The fraction of sp³-hybridized carbons (Fsp3) is 0.105. The number of benzene rings is 2. The van der Waals surface area contributed by atoms with Crippen molar-refractivity contribution in [2.75, 3.05) is 5.32 Å². The van der Waals surface area contributed by atoms with Crippen LogP contribution in [0.25, 0.3) is 22.4 Å². The first-order valence-electron chi connectivity index (χ1n) is 7.69. The Morgan fingerprint density at radius 3 is 2.75 bits per heavy atom. The molecule has 2 aromatic carbocycles. The van der Waals surface area contributed by atoms with E-state index in [4.69, 9.17) is 4.42 Å². The number of fused-ring (bicyclic) bond motifs is 1. The number of furan rings is 1. The summed E-state index contributed by atoms with van der Waals surface area (Å²) in [5.41, 5.74) is 3.89. The van der Waals surface area contributed by atoms with Gasteiger partial charge in [-0.05, 0) is 54.6 Å². The largest absolute Gasteiger partial charge is 0.459 e. The lowest BCUT2D eigenvalue weighted by molar-refractivity contribution is 0.531. The minimum absolute atomic E-state index is 0.253. The normalized spacial score (nSPS) is 11.1. The summed E-state index contributed by atoms with van der Waals surface area (Å²) >= 11 is 0. The fourth-order valence-corrected chi connectivity index (χ4v) is 2.68. The van der Waals surface area contributed by atoms with E-state index in [0.717, 1.165) is 33.8 Å². The molecule has 4 nitrogen and oxygen atoms in total. The maximum atomic E-state index is 13.0. The molecular formula is C19H16FN3O. The average molecular weight is 321 g/mol. The van der Waals surface area contributed by atoms with Crippen molar-refractivity contribution in [1.29, 1.82) is 0 Å². The molecule has 0 saturated heterocycles. The predicted octanol–water partition coefficient (Wildman–Crippen LogP) is 4.58. The summed E-state index contributed by atoms with van der Waals surface area (Å²) in [5, 5.41) is 3.33. The van der Waals surface area contributed by atoms with Gasteiger partial charge in [0.25, 0.3) is 0 Å². The third-order valence-electron chi connectivity index (χ3n) is 3.98. The number of hydrogen-bond donors (Lipinski definition) is 1. The molecular weight excluding hydrogens is 305 g/mol. The molecule has 0 saturated carbocycles. The third-order valence-corrected chi connectivity index (χ3v) is 3.98. The maximum Gasteiger partial charge on any atom is 0.134 e. The Bertz CT molecular complexity index is 985. The number of aromatic nitrogens is 2. The van der Waals surface area contributed by atoms with Gasteiger partial charge in [0.1, 0.15) is 17.3 Å². The smallest absolute Gasteiger partial charge is 0.134 e. The van der Waals surface area contributed by atoms with Gasteiger partial charge in [-0.25, -0.2) is 9.37 Å². The highest BCUT2D eigenvalue weighted by molar-refractivity contribution is 5.79. The second kappa shape index (κ2) is 5.85. The van der Waals surface area contributed by atoms with E-state index < -0.39 is 0 Å². The average Bonchev–Trinajstić information content (AvgIpc) is 3.21. The summed E-state index contributed by atoms with van der Waals surface area (Å²) in [6.07, 6.45) is 1.80. The zero-order valence-corrected chi connectivity index (χ0v) is 13.2. The second-order valence-corrected chi connectivity index (χ2v) is 5.69. The second-order valence-electron chi connectivity index (χ2n) is 5.69. The molecule has 0 spiro atoms. The quantitative estimate of drug-likeness (QED) is 0.598. The standard InChI is InChI=1S/C19H16FN3O/c1-23-12-22-17-10-15(6-8-18(17)23)21-11-16-7-9-19(24-16)13-2-4-14(20)5-3-13/h2-10,12,21H,11H2,1H3. The predicted molar refractivity (Wildman–Crippen MR) is 92.1 cm³/mol. The Morgan fingerprint density at radius 1 is 1.08 bits per heavy atom. The third kappa shape index (κ3) is 2.76. The number of halogens is 1. The van der Waals surface area contributed by atoms with Crippen molar-refractivity contribution < 1.29 is 8.81 Å². The van der Waals surface area contributed by atoms with Gasteiger partial charge in [0.15, 0.2) is 0 Å². The molecule has 0 fully saturated rings. The van der Waals surface area contributed by atoms with Crippen molar-refractivity contribution in [1.82, 2.24) is 9.55 Å². The van der Waals surface area contributed by atoms with Gasteiger partial charge in [-0.2, -0.15) is 0 Å². The van der Waals surface area contributed by atoms with Gasteiger partial charge >= 0.3 is 0 Å². The van der Waals surface area contributed by atoms with E-state index in [9.17, 15) is 4.39 Å². The molecule has 120 valence electrons. The Hall–Kier alpha value is -3.08. The maximum absolute atomic E-state index is 13.0. The number of anilines is 1. The fourth-order valence-electron chi connectivity index (χ4n) is 2.68. The van der Waals surface area contributed by atoms with E-state index >= 15 is 0 Å². The molecule has 4 rings (SSSR count). The van der Waals surface area contributed by atoms with Gasteiger partial charge in [-0.3, -0.25) is 0 Å². The Kier molecular flexibility index (Phi) is 3.54. The summed E-state index contributed by atoms with van der Waals surface area (Å²) in [6, 6.07) is 16.2. The minimum atomic E-state index is -0.253. The molecule has 0 aliphatic heterocycles. The molecule has 0 unspecified atom stereocenters. The highest BCUT2D eigenvalue weighted by Crippen LogP contribution is 2.23. The van der Waals surface area contributed by atoms with Crippen LogP contribution in [-0.4, -0.2) is 9.55 Å². The highest BCUT2D eigenvalue weighted by atomic mass is 19.1. The van der Waals surface area contributed by atoms with Crippen LogP contribution in [0.5, 0.6) is 0 Å². The number of hydrogen-bond acceptors (Lipinski definition) is 3. The van der Waals surface area contributed by atoms with Gasteiger partial charge in [-0.1, -0.05) is 0 Å². The van der Waals surface area contributed by atoms with E-state index in [1.54, 1.807) is 18.5 Å². The van der Waals surface area contributed by atoms with Gasteiger partial charge in [0, 0.05) is 18.3 Å². The van der Waals surface area contributed by atoms with Gasteiger partial charge in [-0.15, -0.1) is 0 Å². The molecule has 0 amide bonds. The molecule has 1 N–H and O–H groups in total. The zero-order chi connectivity index (χ0) is 16.5. The van der Waals surface area contributed by atoms with Crippen molar-refractivity contribution in [3.63, 3.8) is 0 Å². The van der Waals surface area contributed by atoms with Crippen LogP contribution in [0.15, 0.2) is 65.3 Å². The van der Waals surface area contributed by atoms with Crippen molar-refractivity contribution in [3.8, 4) is 11.3 Å². The molecule has 0 aliphatic rings. The molecule has 2 heterocycles. The molecule has 24 heavy (non-hydrogen) atoms. The Morgan fingerprint density at radius 2 is 1.92 bits per heavy atom. The van der Waals surface area contributed by atoms with Gasteiger partial charge in [0.05, 0.1) is 23.9 Å². The lowest BCUT2D eigenvalue weighted by Crippen LogP contribution is -1.97. The van der Waals surface area contributed by atoms with Gasteiger partial charge < -0.3 is 14.3 Å². The van der Waals surface area contributed by atoms with Crippen LogP contribution in [0.4, 0.5) is 10.1 Å². The van der Waals surface area contributed by atoms with Crippen molar-refractivity contribution in [3.05, 3.63) is 72.5 Å². The number of imidazole rings is 1. The number of rotatable bonds is 4. The summed E-state index contributed by atoms with van der Waals surface area (Å²) in [4.78, 5) is 4.35. The van der Waals surface area contributed by atoms with E-state index in [0.29, 0.717) is 6.54 Å². The Labute approximate surface area is 138 Å². The van der Waals surface area contributed by atoms with Crippen LogP contribution in [0.1, 0.15) is 5.76 Å². The van der Waals surface area contributed by atoms with Crippen LogP contribution in [-0.2, 0) is 13.6 Å². The molecule has 0 bridgehead atoms. The van der Waals surface area contributed by atoms with Crippen molar-refractivity contribution >= 4 is 16.7 Å². The SMILES string of the molecule is Cn1cnc2cc(NCc3ccc(-c4ccc(F)cc4)o3)ccc21. The van der Waals surface area contributed by atoms with Crippen LogP contribution in [0.2, 0.25) is 0 Å². The van der Waals surface area contributed by atoms with Crippen LogP contribution >= 0.6 is 0 Å². The first kappa shape index (κ1) is 14.5. The molecule has 5 heteroatoms. The lowest BCUT2D eigenvalue weighted by Gasteiger charge is -2.05. The zero-order valence-electron chi connectivity index (χ0n) is 13.2. The van der Waals surface area contributed by atoms with E-state index in [1.807, 2.05) is 41.9 Å². The highest BCUT2D eigenvalue weighted by Gasteiger charge is 2.06. The summed E-state index contributed by atoms with van der Waals surface area (Å²) in [7, 11) is 1.97. The van der Waals surface area contributed by atoms with Gasteiger partial charge in [0.2, 0.25) is 0 Å². The number of nitrogens with one attached hydrogen (secondary N) is 1. The Balaban J connectivity index is 1.48. The first-order valence-corrected chi connectivity index (χ1v) is 7.69. The summed E-state index contributed by atoms with van der Waals surface area (Å²) in [5.74, 6) is 1.29. The minimum Gasteiger partial charge on any atom is -0.459 e. The van der Waals surface area contributed by atoms with Crippen molar-refractivity contribution in [2.24, 2.45) is 7.05 Å². The summed E-state index contributed by atoms with van der Waals surface area (Å²) in [6.45, 7) is 0.569. The first-order chi connectivity index (χ1) is 11.7. The molecule has 2 aromatic heterocycles. The lowest BCUT2D eigenvalue weighted by atomic mass is 10.2. The van der Waals surface area contributed by atoms with Crippen molar-refractivity contribution in [2.45, 2.75) is 6.54 Å². The van der Waals surface area contributed by atoms with E-state index in [1.165, 1.54) is 12.1 Å². The van der Waals surface area contributed by atoms with E-state index in [2.05, 4.69) is 10.3 Å². The van der Waals surface area contributed by atoms with Crippen LogP contribution in [0.3, 0.4) is 0 Å². The molecule has 4 aromatic rings. The monoisotopic (exact) mass is 321 g/mol. The summed E-state index contributed by atoms with van der Waals surface area (Å²) < 4.78 is 20.8. The van der Waals surface area contributed by atoms with E-state index in [-0.39, 0.29) is 5.82 Å². The molecule has 0 aliphatic carbocycles.